The number of hydrogen-bond donors (Lipinski definition) is 12. The maximum absolute atomic E-state index is 14.4. The number of carbonyl (C=O) groups excluding carboxylic acids is 3. The highest BCUT2D eigenvalue weighted by Crippen LogP contribution is 2.38. The van der Waals surface area contributed by atoms with E-state index in [1.165, 1.54) is 6.08 Å². The molecular formula is C55H80N2O18. The summed E-state index contributed by atoms with van der Waals surface area (Å²) in [4.78, 5) is 40.0. The highest BCUT2D eigenvalue weighted by molar-refractivity contribution is 5.86. The van der Waals surface area contributed by atoms with Crippen LogP contribution in [0.4, 0.5) is 0 Å². The van der Waals surface area contributed by atoms with Crippen molar-refractivity contribution in [1.82, 2.24) is 5.32 Å². The van der Waals surface area contributed by atoms with Crippen molar-refractivity contribution in [3.63, 3.8) is 0 Å². The highest BCUT2D eigenvalue weighted by Gasteiger charge is 2.51. The minimum absolute atomic E-state index is 0.0149. The molecule has 0 aromatic heterocycles. The Hall–Kier alpha value is -4.75. The smallest absolute Gasteiger partial charge is 0.328 e. The van der Waals surface area contributed by atoms with Crippen LogP contribution in [0.1, 0.15) is 77.2 Å². The monoisotopic (exact) mass is 1060 g/mol. The number of ether oxygens (including phenoxy) is 5. The second-order valence-electron chi connectivity index (χ2n) is 19.6. The summed E-state index contributed by atoms with van der Waals surface area (Å²) in [6, 6.07) is 6.40. The molecule has 1 amide bonds. The first-order valence-electron chi connectivity index (χ1n) is 25.5. The quantitative estimate of drug-likeness (QED) is 0.169. The maximum atomic E-state index is 14.4. The van der Waals surface area contributed by atoms with Crippen molar-refractivity contribution in [2.75, 3.05) is 13.7 Å². The van der Waals surface area contributed by atoms with E-state index < -0.39 is 147 Å². The third-order valence-corrected chi connectivity index (χ3v) is 13.2. The number of aliphatic hydroxyl groups excluding tert-OH is 9. The van der Waals surface area contributed by atoms with Crippen molar-refractivity contribution < 1.29 is 89.1 Å². The summed E-state index contributed by atoms with van der Waals surface area (Å²) in [5.74, 6) is -6.53. The van der Waals surface area contributed by atoms with E-state index >= 15 is 0 Å². The molecule has 13 N–H and O–H groups in total. The number of esters is 2. The van der Waals surface area contributed by atoms with Gasteiger partial charge in [-0.3, -0.25) is 9.59 Å². The third-order valence-electron chi connectivity index (χ3n) is 13.2. The van der Waals surface area contributed by atoms with Crippen LogP contribution >= 0.6 is 0 Å². The Morgan fingerprint density at radius 3 is 1.96 bits per heavy atom. The Morgan fingerprint density at radius 1 is 0.720 bits per heavy atom. The van der Waals surface area contributed by atoms with Gasteiger partial charge in [0, 0.05) is 44.4 Å². The van der Waals surface area contributed by atoms with Crippen molar-refractivity contribution >= 4 is 17.8 Å². The van der Waals surface area contributed by atoms with Crippen LogP contribution in [0.15, 0.2) is 115 Å². The van der Waals surface area contributed by atoms with Crippen molar-refractivity contribution in [2.45, 2.75) is 175 Å². The number of methoxy groups -OCH3 is 1. The number of nitrogens with two attached hydrogens (primary N) is 1. The van der Waals surface area contributed by atoms with Gasteiger partial charge in [0.2, 0.25) is 5.91 Å². The summed E-state index contributed by atoms with van der Waals surface area (Å²) in [5, 5.41) is 113. The number of benzene rings is 1. The number of amides is 1. The van der Waals surface area contributed by atoms with Crippen LogP contribution in [-0.2, 0) is 44.5 Å². The molecule has 3 aliphatic rings. The molecule has 0 spiro atoms. The number of aliphatic hydroxyl groups is 10. The Kier molecular flexibility index (Phi) is 26.9. The van der Waals surface area contributed by atoms with Gasteiger partial charge in [0.25, 0.3) is 0 Å². The topological polar surface area (TPSA) is 338 Å². The van der Waals surface area contributed by atoms with Gasteiger partial charge in [-0.15, -0.1) is 0 Å². The van der Waals surface area contributed by atoms with E-state index in [1.807, 2.05) is 13.0 Å². The van der Waals surface area contributed by atoms with E-state index in [9.17, 15) is 65.4 Å². The fraction of sp³-hybridized carbons (Fsp3) is 0.582. The summed E-state index contributed by atoms with van der Waals surface area (Å²) in [6.45, 7) is 3.15. The molecule has 0 saturated carbocycles. The van der Waals surface area contributed by atoms with Crippen LogP contribution in [0.3, 0.4) is 0 Å². The molecular weight excluding hydrogens is 977 g/mol. The Labute approximate surface area is 438 Å². The number of rotatable bonds is 7. The summed E-state index contributed by atoms with van der Waals surface area (Å²) in [6.07, 6.45) is 4.22. The minimum atomic E-state index is -2.38. The molecule has 75 heavy (non-hydrogen) atoms. The Bertz CT molecular complexity index is 2100. The molecule has 2 bridgehead atoms. The number of hydrogen-bond acceptors (Lipinski definition) is 19. The first-order valence-corrected chi connectivity index (χ1v) is 25.5. The average molecular weight is 1060 g/mol. The molecule has 2 saturated heterocycles. The van der Waals surface area contributed by atoms with Crippen molar-refractivity contribution in [3.05, 3.63) is 121 Å². The van der Waals surface area contributed by atoms with E-state index in [2.05, 4.69) is 5.32 Å². The number of carbonyl (C=O) groups is 3. The van der Waals surface area contributed by atoms with E-state index in [-0.39, 0.29) is 51.0 Å². The lowest BCUT2D eigenvalue weighted by molar-refractivity contribution is -0.304. The molecule has 7 unspecified atom stereocenters. The molecule has 1 aromatic rings. The van der Waals surface area contributed by atoms with Crippen LogP contribution in [0, 0.1) is 11.8 Å². The van der Waals surface area contributed by atoms with Gasteiger partial charge in [-0.05, 0) is 31.7 Å². The van der Waals surface area contributed by atoms with Gasteiger partial charge < -0.3 is 85.8 Å². The molecule has 4 rings (SSSR count). The highest BCUT2D eigenvalue weighted by atomic mass is 16.7. The molecule has 0 radical (unpaired) electrons. The normalized spacial score (nSPS) is 39.3. The van der Waals surface area contributed by atoms with E-state index in [1.54, 1.807) is 110 Å². The lowest BCUT2D eigenvalue weighted by atomic mass is 9.82. The molecule has 1 aromatic carbocycles. The fourth-order valence-electron chi connectivity index (χ4n) is 8.96. The zero-order chi connectivity index (χ0) is 55.1. The van der Waals surface area contributed by atoms with E-state index in [0.29, 0.717) is 5.56 Å². The van der Waals surface area contributed by atoms with Gasteiger partial charge in [-0.2, -0.15) is 0 Å². The van der Waals surface area contributed by atoms with Crippen molar-refractivity contribution in [2.24, 2.45) is 17.6 Å². The molecule has 0 aliphatic carbocycles. The first-order chi connectivity index (χ1) is 35.7. The first kappa shape index (κ1) is 62.8. The zero-order valence-electron chi connectivity index (χ0n) is 42.9. The maximum Gasteiger partial charge on any atom is 0.328 e. The molecule has 20 heteroatoms. The number of allylic oxidation sites excluding steroid dienone is 12. The largest absolute Gasteiger partial charge is 0.467 e. The molecule has 18 atom stereocenters. The van der Waals surface area contributed by atoms with Gasteiger partial charge in [0.05, 0.1) is 93.1 Å². The second kappa shape index (κ2) is 32.1. The predicted octanol–water partition coefficient (Wildman–Crippen LogP) is 0.893. The van der Waals surface area contributed by atoms with Gasteiger partial charge in [0.15, 0.2) is 12.1 Å². The van der Waals surface area contributed by atoms with E-state index in [0.717, 1.165) is 7.11 Å². The van der Waals surface area contributed by atoms with Gasteiger partial charge >= 0.3 is 11.9 Å². The summed E-state index contributed by atoms with van der Waals surface area (Å²) < 4.78 is 28.4. The summed E-state index contributed by atoms with van der Waals surface area (Å²) in [7, 11) is 1.16. The lowest BCUT2D eigenvalue weighted by Gasteiger charge is -2.46. The van der Waals surface area contributed by atoms with Crippen molar-refractivity contribution in [3.8, 4) is 0 Å². The summed E-state index contributed by atoms with van der Waals surface area (Å²) >= 11 is 0. The number of cyclic esters (lactones) is 1. The SMILES string of the molecule is COC(=O)[C@H](Cc1ccccc1)NC(=O)[C@H]1[C@@H]2CC(O[C@@H]3OC[C@@H](O)[C@H](N)[C@@H]3O)/C=C/C=C/C=C/C=C/C=C/C=C/C=C/[C@H](C)[C@@H](O)C[C@H](C)OC(=O)CC(O)CC(O)CCC(O)C(O)CC(O)CC(O)(C[C@@H]1O)O2. The van der Waals surface area contributed by atoms with Gasteiger partial charge in [-0.1, -0.05) is 122 Å². The van der Waals surface area contributed by atoms with Crippen LogP contribution < -0.4 is 11.1 Å². The average Bonchev–Trinajstić information content (AvgIpc) is 3.34. The second-order valence-corrected chi connectivity index (χ2v) is 19.6. The molecule has 2 fully saturated rings. The fourth-order valence-corrected chi connectivity index (χ4v) is 8.96. The number of fused-ring (bicyclic) bond motifs is 2. The van der Waals surface area contributed by atoms with Crippen LogP contribution in [0.2, 0.25) is 0 Å². The standard InChI is InChI=1S/C55H80N2O18/c1-34-19-15-12-10-8-6-4-5-7-9-11-13-18-22-40(74-54-51(67)50(56)46(65)33-72-54)30-47-49(52(68)57-41(53(69)71-3)26-36-20-16-14-17-21-36)45(64)32-55(70,75-47)31-39(60)28-44(63)42(61)24-23-37(58)27-38(59)29-48(66)73-35(2)25-43(34)62/h4-22,34-35,37-47,49-51,54,58-65,67,70H,23-33,56H2,1-3H3,(H,57,68)/b5-4+,8-6+,9-7+,12-10+,13-11+,19-15+,22-18+/t34-,35-,37?,38?,39?,40?,41-,42?,43-,44?,45-,46+,47-,49+,50-,51-,54-,55?/m0/s1. The molecule has 20 nitrogen and oxygen atoms in total. The van der Waals surface area contributed by atoms with E-state index in [4.69, 9.17) is 29.4 Å². The summed E-state index contributed by atoms with van der Waals surface area (Å²) in [5.41, 5.74) is 6.73. The third kappa shape index (κ3) is 22.0. The van der Waals surface area contributed by atoms with Crippen LogP contribution in [-0.4, -0.2) is 180 Å². The molecule has 418 valence electrons. The number of nitrogens with one attached hydrogen (secondary N) is 1. The predicted molar refractivity (Wildman–Crippen MR) is 274 cm³/mol. The Balaban J connectivity index is 1.64. The Morgan fingerprint density at radius 2 is 1.33 bits per heavy atom. The minimum Gasteiger partial charge on any atom is -0.467 e. The van der Waals surface area contributed by atoms with Crippen LogP contribution in [0.25, 0.3) is 0 Å². The molecule has 3 aliphatic heterocycles. The lowest BCUT2D eigenvalue weighted by Crippen LogP contribution is -2.60. The van der Waals surface area contributed by atoms with Crippen molar-refractivity contribution in [1.29, 1.82) is 0 Å². The molecule has 3 heterocycles. The van der Waals surface area contributed by atoms with Gasteiger partial charge in [-0.25, -0.2) is 4.79 Å². The van der Waals surface area contributed by atoms with Crippen LogP contribution in [0.5, 0.6) is 0 Å². The zero-order valence-corrected chi connectivity index (χ0v) is 42.9. The van der Waals surface area contributed by atoms with Gasteiger partial charge in [0.1, 0.15) is 18.2 Å².